The average Bonchev–Trinajstić information content (AvgIpc) is 3.48. The van der Waals surface area contributed by atoms with Gasteiger partial charge in [-0.25, -0.2) is 8.42 Å². The predicted octanol–water partition coefficient (Wildman–Crippen LogP) is 1.84. The van der Waals surface area contributed by atoms with Crippen LogP contribution in [0.4, 0.5) is 0 Å². The van der Waals surface area contributed by atoms with E-state index in [4.69, 9.17) is 4.42 Å². The molecule has 0 saturated carbocycles. The number of hydrogen-bond acceptors (Lipinski definition) is 6. The zero-order valence-corrected chi connectivity index (χ0v) is 17.6. The number of furan rings is 1. The second kappa shape index (κ2) is 8.07. The molecule has 1 amide bonds. The van der Waals surface area contributed by atoms with Crippen molar-refractivity contribution in [3.8, 4) is 0 Å². The van der Waals surface area contributed by atoms with E-state index in [0.717, 1.165) is 5.69 Å². The molecule has 0 spiro atoms. The van der Waals surface area contributed by atoms with Gasteiger partial charge in [0.05, 0.1) is 24.2 Å². The average molecular weight is 433 g/mol. The topological polar surface area (TPSA) is 137 Å². The quantitative estimate of drug-likeness (QED) is 0.544. The first kappa shape index (κ1) is 20.4. The van der Waals surface area contributed by atoms with E-state index in [1.54, 1.807) is 38.3 Å². The highest BCUT2D eigenvalue weighted by Gasteiger charge is 2.33. The fraction of sp³-hybridized carbons (Fsp3) is 0.421. The molecule has 0 atom stereocenters. The van der Waals surface area contributed by atoms with Crippen LogP contribution in [0.25, 0.3) is 0 Å². The van der Waals surface area contributed by atoms with Crippen molar-refractivity contribution < 1.29 is 17.6 Å². The van der Waals surface area contributed by atoms with Crippen molar-refractivity contribution in [2.75, 3.05) is 13.1 Å². The number of amides is 1. The number of aryl methyl sites for hydroxylation is 2. The third-order valence-corrected chi connectivity index (χ3v) is 7.55. The molecular weight excluding hydrogens is 408 g/mol. The van der Waals surface area contributed by atoms with Crippen LogP contribution in [0.3, 0.4) is 0 Å². The highest BCUT2D eigenvalue weighted by atomic mass is 32.2. The SMILES string of the molecule is Cc1n[nH]c(C)c1S(=O)(=O)N1CCC(c2cc(C(=O)NCc3ccco3)n[nH]2)CC1. The lowest BCUT2D eigenvalue weighted by Crippen LogP contribution is -2.38. The summed E-state index contributed by atoms with van der Waals surface area (Å²) >= 11 is 0. The fourth-order valence-corrected chi connectivity index (χ4v) is 5.59. The van der Waals surface area contributed by atoms with E-state index < -0.39 is 10.0 Å². The van der Waals surface area contributed by atoms with E-state index in [2.05, 4.69) is 25.7 Å². The fourth-order valence-electron chi connectivity index (χ4n) is 3.79. The molecule has 10 nitrogen and oxygen atoms in total. The second-order valence-corrected chi connectivity index (χ2v) is 9.29. The number of carbonyl (C=O) groups is 1. The summed E-state index contributed by atoms with van der Waals surface area (Å²) in [7, 11) is -3.58. The van der Waals surface area contributed by atoms with Crippen molar-refractivity contribution in [3.63, 3.8) is 0 Å². The molecule has 1 saturated heterocycles. The molecule has 1 fully saturated rings. The maximum absolute atomic E-state index is 13.0. The van der Waals surface area contributed by atoms with Crippen LogP contribution in [0.2, 0.25) is 0 Å². The first-order chi connectivity index (χ1) is 14.4. The molecule has 3 N–H and O–H groups in total. The summed E-state index contributed by atoms with van der Waals surface area (Å²) in [6.07, 6.45) is 2.84. The molecule has 0 unspecified atom stereocenters. The summed E-state index contributed by atoms with van der Waals surface area (Å²) in [5.41, 5.74) is 2.17. The number of nitrogens with zero attached hydrogens (tertiary/aromatic N) is 3. The van der Waals surface area contributed by atoms with Crippen LogP contribution in [0.1, 0.15) is 52.1 Å². The largest absolute Gasteiger partial charge is 0.467 e. The second-order valence-electron chi connectivity index (χ2n) is 7.41. The standard InChI is InChI=1S/C19H24N6O4S/c1-12-18(13(2)22-21-12)30(27,28)25-7-5-14(6-8-25)16-10-17(24-23-16)19(26)20-11-15-4-3-9-29-15/h3-4,9-10,14H,5-8,11H2,1-2H3,(H,20,26)(H,21,22)(H,23,24). The number of carbonyl (C=O) groups excluding carboxylic acids is 1. The Balaban J connectivity index is 1.37. The van der Waals surface area contributed by atoms with Gasteiger partial charge in [-0.05, 0) is 44.9 Å². The van der Waals surface area contributed by atoms with Gasteiger partial charge in [-0.3, -0.25) is 15.0 Å². The van der Waals surface area contributed by atoms with Gasteiger partial charge in [0.1, 0.15) is 16.3 Å². The Morgan fingerprint density at radius 2 is 2.03 bits per heavy atom. The first-order valence-electron chi connectivity index (χ1n) is 9.74. The third kappa shape index (κ3) is 3.90. The Bertz CT molecular complexity index is 1100. The molecule has 0 aliphatic carbocycles. The van der Waals surface area contributed by atoms with Gasteiger partial charge in [0.25, 0.3) is 5.91 Å². The van der Waals surface area contributed by atoms with Gasteiger partial charge in [0.15, 0.2) is 0 Å². The van der Waals surface area contributed by atoms with Crippen molar-refractivity contribution in [2.24, 2.45) is 0 Å². The number of nitrogens with one attached hydrogen (secondary N) is 3. The molecule has 3 aromatic rings. The summed E-state index contributed by atoms with van der Waals surface area (Å²) in [4.78, 5) is 12.5. The lowest BCUT2D eigenvalue weighted by molar-refractivity contribution is 0.0943. The van der Waals surface area contributed by atoms with E-state index in [-0.39, 0.29) is 23.3 Å². The van der Waals surface area contributed by atoms with Gasteiger partial charge in [-0.1, -0.05) is 0 Å². The summed E-state index contributed by atoms with van der Waals surface area (Å²) in [6, 6.07) is 5.27. The van der Waals surface area contributed by atoms with Gasteiger partial charge in [0.2, 0.25) is 10.0 Å². The van der Waals surface area contributed by atoms with Crippen LogP contribution >= 0.6 is 0 Å². The van der Waals surface area contributed by atoms with E-state index in [1.165, 1.54) is 4.31 Å². The zero-order valence-electron chi connectivity index (χ0n) is 16.8. The molecule has 1 aliphatic rings. The molecule has 4 heterocycles. The molecule has 30 heavy (non-hydrogen) atoms. The molecule has 0 aromatic carbocycles. The lowest BCUT2D eigenvalue weighted by atomic mass is 9.94. The zero-order chi connectivity index (χ0) is 21.3. The Labute approximate surface area is 174 Å². The van der Waals surface area contributed by atoms with Gasteiger partial charge in [-0.2, -0.15) is 14.5 Å². The number of H-pyrrole nitrogens is 2. The van der Waals surface area contributed by atoms with Crippen molar-refractivity contribution in [2.45, 2.75) is 44.0 Å². The van der Waals surface area contributed by atoms with E-state index in [9.17, 15) is 13.2 Å². The van der Waals surface area contributed by atoms with E-state index in [1.807, 2.05) is 0 Å². The number of piperidine rings is 1. The van der Waals surface area contributed by atoms with E-state index >= 15 is 0 Å². The normalized spacial score (nSPS) is 16.1. The molecule has 4 rings (SSSR count). The molecule has 11 heteroatoms. The monoisotopic (exact) mass is 432 g/mol. The Morgan fingerprint density at radius 1 is 1.27 bits per heavy atom. The molecular formula is C19H24N6O4S. The number of aromatic nitrogens is 4. The van der Waals surface area contributed by atoms with Crippen molar-refractivity contribution >= 4 is 15.9 Å². The summed E-state index contributed by atoms with van der Waals surface area (Å²) < 4.78 is 32.7. The Kier molecular flexibility index (Phi) is 5.48. The van der Waals surface area contributed by atoms with Gasteiger partial charge in [-0.15, -0.1) is 0 Å². The van der Waals surface area contributed by atoms with Crippen LogP contribution in [0.15, 0.2) is 33.8 Å². The minimum absolute atomic E-state index is 0.113. The number of rotatable bonds is 6. The van der Waals surface area contributed by atoms with Crippen LogP contribution in [0.5, 0.6) is 0 Å². The van der Waals surface area contributed by atoms with Gasteiger partial charge < -0.3 is 9.73 Å². The molecule has 0 bridgehead atoms. The number of aromatic amines is 2. The predicted molar refractivity (Wildman–Crippen MR) is 107 cm³/mol. The van der Waals surface area contributed by atoms with Gasteiger partial charge >= 0.3 is 0 Å². The first-order valence-corrected chi connectivity index (χ1v) is 11.2. The van der Waals surface area contributed by atoms with E-state index in [0.29, 0.717) is 48.8 Å². The minimum Gasteiger partial charge on any atom is -0.467 e. The molecule has 160 valence electrons. The smallest absolute Gasteiger partial charge is 0.272 e. The summed E-state index contributed by atoms with van der Waals surface area (Å²) in [5, 5.41) is 16.5. The Hall–Kier alpha value is -2.92. The third-order valence-electron chi connectivity index (χ3n) is 5.39. The summed E-state index contributed by atoms with van der Waals surface area (Å²) in [5.74, 6) is 0.484. The Morgan fingerprint density at radius 3 is 2.67 bits per heavy atom. The molecule has 0 radical (unpaired) electrons. The number of hydrogen-bond donors (Lipinski definition) is 3. The molecule has 1 aliphatic heterocycles. The van der Waals surface area contributed by atoms with Crippen LogP contribution < -0.4 is 5.32 Å². The molecule has 3 aromatic heterocycles. The maximum Gasteiger partial charge on any atom is 0.272 e. The van der Waals surface area contributed by atoms with Crippen LogP contribution in [-0.4, -0.2) is 52.1 Å². The maximum atomic E-state index is 13.0. The summed E-state index contributed by atoms with van der Waals surface area (Å²) in [6.45, 7) is 4.48. The van der Waals surface area contributed by atoms with Crippen molar-refractivity contribution in [3.05, 3.63) is 53.0 Å². The minimum atomic E-state index is -3.58. The van der Waals surface area contributed by atoms with Crippen LogP contribution in [0, 0.1) is 13.8 Å². The van der Waals surface area contributed by atoms with Crippen molar-refractivity contribution in [1.82, 2.24) is 30.0 Å². The van der Waals surface area contributed by atoms with Crippen LogP contribution in [-0.2, 0) is 16.6 Å². The highest BCUT2D eigenvalue weighted by Crippen LogP contribution is 2.31. The highest BCUT2D eigenvalue weighted by molar-refractivity contribution is 7.89. The van der Waals surface area contributed by atoms with Crippen molar-refractivity contribution in [1.29, 1.82) is 0 Å². The van der Waals surface area contributed by atoms with Gasteiger partial charge in [0, 0.05) is 24.7 Å². The number of sulfonamides is 1. The lowest BCUT2D eigenvalue weighted by Gasteiger charge is -2.30.